The minimum Gasteiger partial charge on any atom is -0.435 e. The molecule has 0 spiro atoms. The van der Waals surface area contributed by atoms with Gasteiger partial charge in [0, 0.05) is 11.7 Å². The monoisotopic (exact) mass is 328 g/mol. The summed E-state index contributed by atoms with van der Waals surface area (Å²) in [5.41, 5.74) is 0.530. The van der Waals surface area contributed by atoms with Gasteiger partial charge in [0.25, 0.3) is 0 Å². The molecule has 5 nitrogen and oxygen atoms in total. The zero-order chi connectivity index (χ0) is 16.8. The van der Waals surface area contributed by atoms with Gasteiger partial charge in [-0.1, -0.05) is 0 Å². The minimum atomic E-state index is -2.86. The molecule has 0 radical (unpaired) electrons. The molecule has 0 saturated carbocycles. The van der Waals surface area contributed by atoms with Gasteiger partial charge in [-0.2, -0.15) is 8.78 Å². The van der Waals surface area contributed by atoms with Crippen LogP contribution in [-0.2, 0) is 4.79 Å². The molecule has 0 bridgehead atoms. The number of alkyl halides is 2. The third-order valence-corrected chi connectivity index (χ3v) is 3.82. The van der Waals surface area contributed by atoms with E-state index in [1.807, 2.05) is 0 Å². The number of nitrogens with zero attached hydrogens (tertiary/aromatic N) is 1. The number of amides is 1. The van der Waals surface area contributed by atoms with Crippen LogP contribution in [0.1, 0.15) is 26.2 Å². The first-order chi connectivity index (χ1) is 10.9. The molecule has 1 aromatic rings. The van der Waals surface area contributed by atoms with Crippen molar-refractivity contribution in [1.82, 2.24) is 4.90 Å². The molecule has 1 saturated heterocycles. The van der Waals surface area contributed by atoms with Gasteiger partial charge in [-0.25, -0.2) is 0 Å². The van der Waals surface area contributed by atoms with E-state index in [1.165, 1.54) is 24.3 Å². The van der Waals surface area contributed by atoms with Crippen LogP contribution in [0.3, 0.4) is 0 Å². The Morgan fingerprint density at radius 1 is 1.43 bits per heavy atom. The highest BCUT2D eigenvalue weighted by molar-refractivity contribution is 5.92. The molecular weight excluding hydrogens is 306 g/mol. The number of carbonyl (C=O) groups excluding carboxylic acids is 1. The fraction of sp³-hybridized carbons (Fsp3) is 0.562. The summed E-state index contributed by atoms with van der Waals surface area (Å²) in [5, 5.41) is 12.2. The van der Waals surface area contributed by atoms with Crippen LogP contribution in [0.25, 0.3) is 0 Å². The first-order valence-electron chi connectivity index (χ1n) is 7.71. The maximum atomic E-state index is 12.1. The number of likely N-dealkylation sites (tertiary alicyclic amines) is 1. The van der Waals surface area contributed by atoms with Gasteiger partial charge in [0.15, 0.2) is 0 Å². The number of anilines is 1. The van der Waals surface area contributed by atoms with E-state index in [-0.39, 0.29) is 30.3 Å². The van der Waals surface area contributed by atoms with Crippen molar-refractivity contribution < 1.29 is 23.4 Å². The van der Waals surface area contributed by atoms with Crippen molar-refractivity contribution in [2.45, 2.75) is 44.9 Å². The molecule has 1 fully saturated rings. The third kappa shape index (κ3) is 5.76. The van der Waals surface area contributed by atoms with Crippen LogP contribution in [0.2, 0.25) is 0 Å². The SMILES string of the molecule is CC(O)CC1CCCN1CC(=O)Nc1ccc(OC(F)F)cc1. The van der Waals surface area contributed by atoms with Gasteiger partial charge in [0.2, 0.25) is 5.91 Å². The Hall–Kier alpha value is -1.73. The smallest absolute Gasteiger partial charge is 0.387 e. The summed E-state index contributed by atoms with van der Waals surface area (Å²) in [6.45, 7) is -0.0189. The normalized spacial score (nSPS) is 19.8. The number of hydrogen-bond acceptors (Lipinski definition) is 4. The highest BCUT2D eigenvalue weighted by atomic mass is 19.3. The molecule has 0 aromatic heterocycles. The van der Waals surface area contributed by atoms with Crippen LogP contribution in [0.4, 0.5) is 14.5 Å². The van der Waals surface area contributed by atoms with Crippen LogP contribution in [0.15, 0.2) is 24.3 Å². The van der Waals surface area contributed by atoms with Gasteiger partial charge in [-0.15, -0.1) is 0 Å². The minimum absolute atomic E-state index is 0.0505. The largest absolute Gasteiger partial charge is 0.435 e. The van der Waals surface area contributed by atoms with Crippen molar-refractivity contribution in [2.75, 3.05) is 18.4 Å². The number of aliphatic hydroxyl groups is 1. The number of ether oxygens (including phenoxy) is 1. The van der Waals surface area contributed by atoms with Crippen molar-refractivity contribution in [1.29, 1.82) is 0 Å². The van der Waals surface area contributed by atoms with E-state index in [1.54, 1.807) is 6.92 Å². The van der Waals surface area contributed by atoms with Crippen LogP contribution in [0.5, 0.6) is 5.75 Å². The predicted molar refractivity (Wildman–Crippen MR) is 82.6 cm³/mol. The summed E-state index contributed by atoms with van der Waals surface area (Å²) in [6.07, 6.45) is 2.28. The second-order valence-corrected chi connectivity index (χ2v) is 5.80. The average molecular weight is 328 g/mol. The topological polar surface area (TPSA) is 61.8 Å². The fourth-order valence-electron chi connectivity index (χ4n) is 2.87. The van der Waals surface area contributed by atoms with E-state index in [0.29, 0.717) is 12.1 Å². The first kappa shape index (κ1) is 17.6. The van der Waals surface area contributed by atoms with Gasteiger partial charge in [-0.3, -0.25) is 9.69 Å². The van der Waals surface area contributed by atoms with Gasteiger partial charge >= 0.3 is 6.61 Å². The lowest BCUT2D eigenvalue weighted by Crippen LogP contribution is -2.38. The Bertz CT molecular complexity index is 509. The number of carbonyl (C=O) groups is 1. The Morgan fingerprint density at radius 2 is 2.13 bits per heavy atom. The first-order valence-corrected chi connectivity index (χ1v) is 7.71. The van der Waals surface area contributed by atoms with Crippen LogP contribution >= 0.6 is 0 Å². The lowest BCUT2D eigenvalue weighted by Gasteiger charge is -2.24. The summed E-state index contributed by atoms with van der Waals surface area (Å²) >= 11 is 0. The molecule has 1 amide bonds. The van der Waals surface area contributed by atoms with Crippen molar-refractivity contribution >= 4 is 11.6 Å². The highest BCUT2D eigenvalue weighted by Gasteiger charge is 2.27. The van der Waals surface area contributed by atoms with E-state index < -0.39 is 6.61 Å². The summed E-state index contributed by atoms with van der Waals surface area (Å²) in [6, 6.07) is 6.03. The van der Waals surface area contributed by atoms with Crippen LogP contribution in [-0.4, -0.2) is 47.8 Å². The van der Waals surface area contributed by atoms with Crippen molar-refractivity contribution in [3.05, 3.63) is 24.3 Å². The summed E-state index contributed by atoms with van der Waals surface area (Å²) in [4.78, 5) is 14.2. The lowest BCUT2D eigenvalue weighted by atomic mass is 10.1. The quantitative estimate of drug-likeness (QED) is 0.807. The second-order valence-electron chi connectivity index (χ2n) is 5.80. The Morgan fingerprint density at radius 3 is 2.74 bits per heavy atom. The summed E-state index contributed by atoms with van der Waals surface area (Å²) in [5.74, 6) is -0.112. The Labute approximate surface area is 134 Å². The van der Waals surface area contributed by atoms with Gasteiger partial charge in [0.05, 0.1) is 12.6 Å². The molecule has 2 unspecified atom stereocenters. The Kier molecular flexibility index (Phi) is 6.29. The molecule has 2 N–H and O–H groups in total. The molecule has 1 aromatic carbocycles. The van der Waals surface area contributed by atoms with E-state index in [9.17, 15) is 18.7 Å². The molecule has 1 heterocycles. The van der Waals surface area contributed by atoms with E-state index in [2.05, 4.69) is 15.0 Å². The van der Waals surface area contributed by atoms with Crippen molar-refractivity contribution in [2.24, 2.45) is 0 Å². The summed E-state index contributed by atoms with van der Waals surface area (Å²) < 4.78 is 28.4. The maximum Gasteiger partial charge on any atom is 0.387 e. The van der Waals surface area contributed by atoms with Crippen molar-refractivity contribution in [3.63, 3.8) is 0 Å². The van der Waals surface area contributed by atoms with Crippen LogP contribution in [0, 0.1) is 0 Å². The maximum absolute atomic E-state index is 12.1. The lowest BCUT2D eigenvalue weighted by molar-refractivity contribution is -0.117. The van der Waals surface area contributed by atoms with E-state index in [0.717, 1.165) is 19.4 Å². The molecule has 1 aliphatic rings. The van der Waals surface area contributed by atoms with E-state index >= 15 is 0 Å². The van der Waals surface area contributed by atoms with Crippen molar-refractivity contribution in [3.8, 4) is 5.75 Å². The second kappa shape index (κ2) is 8.21. The molecular formula is C16H22F2N2O3. The zero-order valence-electron chi connectivity index (χ0n) is 13.0. The Balaban J connectivity index is 1.84. The predicted octanol–water partition coefficient (Wildman–Crippen LogP) is 2.46. The number of benzene rings is 1. The van der Waals surface area contributed by atoms with Gasteiger partial charge < -0.3 is 15.2 Å². The molecule has 2 rings (SSSR count). The van der Waals surface area contributed by atoms with Gasteiger partial charge in [0.1, 0.15) is 5.75 Å². The highest BCUT2D eigenvalue weighted by Crippen LogP contribution is 2.22. The van der Waals surface area contributed by atoms with Crippen LogP contribution < -0.4 is 10.1 Å². The number of halogens is 2. The zero-order valence-corrected chi connectivity index (χ0v) is 13.0. The molecule has 1 aliphatic heterocycles. The van der Waals surface area contributed by atoms with E-state index in [4.69, 9.17) is 0 Å². The number of rotatable bonds is 7. The average Bonchev–Trinajstić information content (AvgIpc) is 2.86. The number of hydrogen-bond donors (Lipinski definition) is 2. The molecule has 128 valence electrons. The fourth-order valence-corrected chi connectivity index (χ4v) is 2.87. The third-order valence-electron chi connectivity index (χ3n) is 3.82. The molecule has 2 atom stereocenters. The molecule has 23 heavy (non-hydrogen) atoms. The molecule has 0 aliphatic carbocycles. The number of aliphatic hydroxyl groups excluding tert-OH is 1. The molecule has 7 heteroatoms. The summed E-state index contributed by atoms with van der Waals surface area (Å²) in [7, 11) is 0. The van der Waals surface area contributed by atoms with Gasteiger partial charge in [-0.05, 0) is 57.0 Å². The number of nitrogens with one attached hydrogen (secondary N) is 1. The standard InChI is InChI=1S/C16H22F2N2O3/c1-11(21)9-13-3-2-8-20(13)10-15(22)19-12-4-6-14(7-5-12)23-16(17)18/h4-7,11,13,16,21H,2-3,8-10H2,1H3,(H,19,22).